The molecule has 1 heterocycles. The minimum absolute atomic E-state index is 0.0410. The normalized spacial score (nSPS) is 21.9. The number of carbonyl (C=O) groups excluding carboxylic acids is 1. The highest BCUT2D eigenvalue weighted by atomic mass is 35.5. The van der Waals surface area contributed by atoms with E-state index in [1.54, 1.807) is 18.2 Å². The SMILES string of the molecule is CCCOc1ccc(Cl)cc1NC(=O)C1CCNC(C)C1. The summed E-state index contributed by atoms with van der Waals surface area (Å²) >= 11 is 6.03. The molecule has 1 aromatic rings. The molecule has 1 saturated heterocycles. The molecule has 2 N–H and O–H groups in total. The molecule has 1 aromatic carbocycles. The molecule has 0 spiro atoms. The van der Waals surface area contributed by atoms with Gasteiger partial charge in [0, 0.05) is 17.0 Å². The number of piperidine rings is 1. The zero-order valence-corrected chi connectivity index (χ0v) is 13.4. The largest absolute Gasteiger partial charge is 0.491 e. The van der Waals surface area contributed by atoms with E-state index in [0.717, 1.165) is 25.8 Å². The van der Waals surface area contributed by atoms with Crippen molar-refractivity contribution in [2.45, 2.75) is 39.2 Å². The van der Waals surface area contributed by atoms with Gasteiger partial charge in [-0.15, -0.1) is 0 Å². The maximum Gasteiger partial charge on any atom is 0.227 e. The van der Waals surface area contributed by atoms with E-state index in [1.165, 1.54) is 0 Å². The first-order chi connectivity index (χ1) is 10.1. The number of hydrogen-bond donors (Lipinski definition) is 2. The van der Waals surface area contributed by atoms with Crippen molar-refractivity contribution in [1.82, 2.24) is 5.32 Å². The van der Waals surface area contributed by atoms with Crippen molar-refractivity contribution in [3.05, 3.63) is 23.2 Å². The Morgan fingerprint density at radius 3 is 3.05 bits per heavy atom. The van der Waals surface area contributed by atoms with Gasteiger partial charge in [-0.05, 0) is 50.9 Å². The highest BCUT2D eigenvalue weighted by molar-refractivity contribution is 6.31. The third-order valence-electron chi connectivity index (χ3n) is 3.66. The van der Waals surface area contributed by atoms with Gasteiger partial charge in [-0.3, -0.25) is 4.79 Å². The summed E-state index contributed by atoms with van der Waals surface area (Å²) in [6.45, 7) is 5.65. The number of halogens is 1. The van der Waals surface area contributed by atoms with E-state index in [0.29, 0.717) is 29.1 Å². The van der Waals surface area contributed by atoms with E-state index in [1.807, 2.05) is 6.92 Å². The smallest absolute Gasteiger partial charge is 0.227 e. The molecular weight excluding hydrogens is 288 g/mol. The summed E-state index contributed by atoms with van der Waals surface area (Å²) in [5, 5.41) is 6.92. The molecule has 1 aliphatic heterocycles. The topological polar surface area (TPSA) is 50.4 Å². The van der Waals surface area contributed by atoms with Crippen LogP contribution in [0.4, 0.5) is 5.69 Å². The third kappa shape index (κ3) is 4.61. The number of ether oxygens (including phenoxy) is 1. The monoisotopic (exact) mass is 310 g/mol. The second-order valence-electron chi connectivity index (χ2n) is 5.55. The summed E-state index contributed by atoms with van der Waals surface area (Å²) in [5.74, 6) is 0.766. The average Bonchev–Trinajstić information content (AvgIpc) is 2.46. The molecule has 2 rings (SSSR count). The summed E-state index contributed by atoms with van der Waals surface area (Å²) in [4.78, 5) is 12.4. The first-order valence-corrected chi connectivity index (χ1v) is 7.94. The van der Waals surface area contributed by atoms with Gasteiger partial charge in [0.05, 0.1) is 12.3 Å². The standard InChI is InChI=1S/C16H23ClN2O2/c1-3-8-21-15-5-4-13(17)10-14(15)19-16(20)12-6-7-18-11(2)9-12/h4-5,10-12,18H,3,6-9H2,1-2H3,(H,19,20). The molecule has 5 heteroatoms. The van der Waals surface area contributed by atoms with Crippen LogP contribution >= 0.6 is 11.6 Å². The molecule has 0 bridgehead atoms. The van der Waals surface area contributed by atoms with Gasteiger partial charge >= 0.3 is 0 Å². The molecule has 2 atom stereocenters. The van der Waals surface area contributed by atoms with Crippen molar-refractivity contribution >= 4 is 23.2 Å². The van der Waals surface area contributed by atoms with E-state index >= 15 is 0 Å². The van der Waals surface area contributed by atoms with Gasteiger partial charge in [-0.1, -0.05) is 18.5 Å². The zero-order valence-electron chi connectivity index (χ0n) is 12.6. The minimum Gasteiger partial charge on any atom is -0.491 e. The molecule has 1 fully saturated rings. The van der Waals surface area contributed by atoms with Crippen LogP contribution in [0.1, 0.15) is 33.1 Å². The van der Waals surface area contributed by atoms with Gasteiger partial charge in [-0.2, -0.15) is 0 Å². The summed E-state index contributed by atoms with van der Waals surface area (Å²) in [7, 11) is 0. The molecule has 116 valence electrons. The predicted octanol–water partition coefficient (Wildman–Crippen LogP) is 3.46. The molecular formula is C16H23ClN2O2. The number of rotatable bonds is 5. The fraction of sp³-hybridized carbons (Fsp3) is 0.562. The number of carbonyl (C=O) groups is 1. The van der Waals surface area contributed by atoms with E-state index in [-0.39, 0.29) is 11.8 Å². The van der Waals surface area contributed by atoms with Crippen LogP contribution in [-0.4, -0.2) is 25.1 Å². The van der Waals surface area contributed by atoms with Gasteiger partial charge in [-0.25, -0.2) is 0 Å². The van der Waals surface area contributed by atoms with Gasteiger partial charge in [0.2, 0.25) is 5.91 Å². The Morgan fingerprint density at radius 2 is 2.33 bits per heavy atom. The van der Waals surface area contributed by atoms with Crippen molar-refractivity contribution in [3.63, 3.8) is 0 Å². The van der Waals surface area contributed by atoms with E-state index in [4.69, 9.17) is 16.3 Å². The number of hydrogen-bond acceptors (Lipinski definition) is 3. The summed E-state index contributed by atoms with van der Waals surface area (Å²) in [6, 6.07) is 5.70. The molecule has 0 aliphatic carbocycles. The van der Waals surface area contributed by atoms with Crippen LogP contribution in [0, 0.1) is 5.92 Å². The van der Waals surface area contributed by atoms with Gasteiger partial charge in [0.15, 0.2) is 0 Å². The van der Waals surface area contributed by atoms with Crippen LogP contribution in [-0.2, 0) is 4.79 Å². The number of anilines is 1. The second kappa shape index (κ2) is 7.66. The first-order valence-electron chi connectivity index (χ1n) is 7.56. The molecule has 1 amide bonds. The number of benzene rings is 1. The predicted molar refractivity (Wildman–Crippen MR) is 86.1 cm³/mol. The first kappa shape index (κ1) is 16.1. The lowest BCUT2D eigenvalue weighted by molar-refractivity contribution is -0.120. The molecule has 2 unspecified atom stereocenters. The fourth-order valence-corrected chi connectivity index (χ4v) is 2.71. The van der Waals surface area contributed by atoms with E-state index in [9.17, 15) is 4.79 Å². The maximum absolute atomic E-state index is 12.4. The number of amides is 1. The molecule has 4 nitrogen and oxygen atoms in total. The Morgan fingerprint density at radius 1 is 1.52 bits per heavy atom. The Kier molecular flexibility index (Phi) is 5.88. The van der Waals surface area contributed by atoms with Crippen molar-refractivity contribution in [3.8, 4) is 5.75 Å². The lowest BCUT2D eigenvalue weighted by Crippen LogP contribution is -2.40. The van der Waals surface area contributed by atoms with Crippen molar-refractivity contribution < 1.29 is 9.53 Å². The molecule has 1 aliphatic rings. The lowest BCUT2D eigenvalue weighted by atomic mass is 9.92. The maximum atomic E-state index is 12.4. The van der Waals surface area contributed by atoms with Crippen LogP contribution in [0.3, 0.4) is 0 Å². The van der Waals surface area contributed by atoms with Crippen LogP contribution in [0.5, 0.6) is 5.75 Å². The average molecular weight is 311 g/mol. The van der Waals surface area contributed by atoms with Gasteiger partial charge in [0.1, 0.15) is 5.75 Å². The second-order valence-corrected chi connectivity index (χ2v) is 5.99. The summed E-state index contributed by atoms with van der Waals surface area (Å²) in [5.41, 5.74) is 0.659. The summed E-state index contributed by atoms with van der Waals surface area (Å²) < 4.78 is 5.66. The molecule has 0 aromatic heterocycles. The minimum atomic E-state index is 0.0410. The Labute approximate surface area is 131 Å². The Balaban J connectivity index is 2.06. The van der Waals surface area contributed by atoms with Gasteiger partial charge in [0.25, 0.3) is 0 Å². The number of nitrogens with one attached hydrogen (secondary N) is 2. The molecule has 0 radical (unpaired) electrons. The van der Waals surface area contributed by atoms with Crippen molar-refractivity contribution in [1.29, 1.82) is 0 Å². The van der Waals surface area contributed by atoms with Gasteiger partial charge < -0.3 is 15.4 Å². The Bertz CT molecular complexity index is 493. The van der Waals surface area contributed by atoms with E-state index < -0.39 is 0 Å². The quantitative estimate of drug-likeness (QED) is 0.875. The fourth-order valence-electron chi connectivity index (χ4n) is 2.54. The van der Waals surface area contributed by atoms with Crippen molar-refractivity contribution in [2.75, 3.05) is 18.5 Å². The highest BCUT2D eigenvalue weighted by Gasteiger charge is 2.25. The van der Waals surface area contributed by atoms with E-state index in [2.05, 4.69) is 17.6 Å². The highest BCUT2D eigenvalue weighted by Crippen LogP contribution is 2.29. The van der Waals surface area contributed by atoms with Crippen LogP contribution in [0.15, 0.2) is 18.2 Å². The molecule has 21 heavy (non-hydrogen) atoms. The lowest BCUT2D eigenvalue weighted by Gasteiger charge is -2.27. The molecule has 0 saturated carbocycles. The van der Waals surface area contributed by atoms with Crippen molar-refractivity contribution in [2.24, 2.45) is 5.92 Å². The van der Waals surface area contributed by atoms with Crippen LogP contribution in [0.2, 0.25) is 5.02 Å². The third-order valence-corrected chi connectivity index (χ3v) is 3.89. The Hall–Kier alpha value is -1.26. The van der Waals surface area contributed by atoms with Crippen LogP contribution < -0.4 is 15.4 Å². The van der Waals surface area contributed by atoms with Crippen LogP contribution in [0.25, 0.3) is 0 Å². The summed E-state index contributed by atoms with van der Waals surface area (Å²) in [6.07, 6.45) is 2.64. The zero-order chi connectivity index (χ0) is 15.2.